The normalized spacial score (nSPS) is 35.9. The number of terminal acetylenes is 1. The number of aliphatic hydroxyl groups excluding tert-OH is 1. The van der Waals surface area contributed by atoms with E-state index in [4.69, 9.17) is 37.0 Å². The zero-order valence-electron chi connectivity index (χ0n) is 36.6. The number of amides is 1. The van der Waals surface area contributed by atoms with Crippen molar-refractivity contribution >= 4 is 43.8 Å². The SMILES string of the molecule is C#C[C@]12OC(=O)N(CCCCn3cnc(-c4ccc(Cl)nc4)c3)[C@@H]1[C@@H](C)C(=O)[C@H](C)C[C@](C)(PC)[C@H](OC1O[C@H](C)C[C@H](N(C)C)[C@H]1O)[C@@H](C)C(=O)[C@@H](C)C(=O)O[C@@H]2CC. The average molecular weight is 872 g/mol. The lowest BCUT2D eigenvalue weighted by atomic mass is 9.74. The molecule has 16 heteroatoms. The van der Waals surface area contributed by atoms with Crippen molar-refractivity contribution in [3.05, 3.63) is 36.0 Å². The number of esters is 1. The van der Waals surface area contributed by atoms with E-state index in [0.717, 1.165) is 11.3 Å². The number of carbonyl (C=O) groups is 4. The number of halogens is 1. The molecule has 5 heterocycles. The predicted molar refractivity (Wildman–Crippen MR) is 230 cm³/mol. The molecule has 3 fully saturated rings. The van der Waals surface area contributed by atoms with E-state index >= 15 is 0 Å². The Morgan fingerprint density at radius 3 is 2.38 bits per heavy atom. The molecule has 330 valence electrons. The number of hydrogen-bond acceptors (Lipinski definition) is 12. The summed E-state index contributed by atoms with van der Waals surface area (Å²) in [6.07, 6.45) is 8.80. The van der Waals surface area contributed by atoms with E-state index in [1.54, 1.807) is 39.4 Å². The third-order valence-corrected chi connectivity index (χ3v) is 14.8. The van der Waals surface area contributed by atoms with Crippen LogP contribution in [0.5, 0.6) is 0 Å². The molecular formula is C44H63ClN5O9P. The van der Waals surface area contributed by atoms with Crippen LogP contribution >= 0.6 is 20.2 Å². The molecule has 0 bridgehead atoms. The molecule has 1 N–H and O–H groups in total. The first-order chi connectivity index (χ1) is 28.3. The zero-order chi connectivity index (χ0) is 44.3. The maximum absolute atomic E-state index is 14.8. The minimum atomic E-state index is -1.81. The number of unbranched alkanes of at least 4 members (excludes halogenated alkanes) is 1. The molecule has 3 aliphatic heterocycles. The number of nitrogens with zero attached hydrogens (tertiary/aromatic N) is 5. The van der Waals surface area contributed by atoms with Crippen LogP contribution in [0, 0.1) is 36.0 Å². The highest BCUT2D eigenvalue weighted by molar-refractivity contribution is 7.39. The fourth-order valence-corrected chi connectivity index (χ4v) is 10.6. The van der Waals surface area contributed by atoms with Crippen molar-refractivity contribution < 1.29 is 43.2 Å². The van der Waals surface area contributed by atoms with Gasteiger partial charge in [0.25, 0.3) is 0 Å². The summed E-state index contributed by atoms with van der Waals surface area (Å²) in [7, 11) is 3.95. The molecule has 60 heavy (non-hydrogen) atoms. The van der Waals surface area contributed by atoms with E-state index in [9.17, 15) is 24.3 Å². The summed E-state index contributed by atoms with van der Waals surface area (Å²) in [6.45, 7) is 15.3. The number of rotatable bonds is 11. The van der Waals surface area contributed by atoms with Gasteiger partial charge in [-0.25, -0.2) is 14.8 Å². The van der Waals surface area contributed by atoms with Gasteiger partial charge in [0.15, 0.2) is 18.2 Å². The van der Waals surface area contributed by atoms with E-state index in [0.29, 0.717) is 37.4 Å². The first kappa shape index (κ1) is 47.6. The van der Waals surface area contributed by atoms with Crippen LogP contribution in [0.25, 0.3) is 11.3 Å². The number of carbonyl (C=O) groups excluding carboxylic acids is 4. The van der Waals surface area contributed by atoms with E-state index in [2.05, 4.69) is 15.9 Å². The van der Waals surface area contributed by atoms with Gasteiger partial charge in [-0.3, -0.25) is 19.3 Å². The molecule has 2 unspecified atom stereocenters. The largest absolute Gasteiger partial charge is 0.456 e. The number of likely N-dealkylation sites (N-methyl/N-ethyl adjacent to an activating group) is 1. The summed E-state index contributed by atoms with van der Waals surface area (Å²) in [6, 6.07) is 2.32. The van der Waals surface area contributed by atoms with Crippen LogP contribution < -0.4 is 0 Å². The van der Waals surface area contributed by atoms with Crippen molar-refractivity contribution in [3.63, 3.8) is 0 Å². The van der Waals surface area contributed by atoms with E-state index < -0.39 is 82.9 Å². The van der Waals surface area contributed by atoms with Gasteiger partial charge in [0.2, 0.25) is 5.60 Å². The number of ether oxygens (including phenoxy) is 4. The van der Waals surface area contributed by atoms with Crippen LogP contribution in [0.3, 0.4) is 0 Å². The summed E-state index contributed by atoms with van der Waals surface area (Å²) in [5.74, 6) is -2.25. The Morgan fingerprint density at radius 1 is 1.07 bits per heavy atom. The second-order valence-corrected chi connectivity index (χ2v) is 19.4. The van der Waals surface area contributed by atoms with Crippen molar-refractivity contribution in [1.82, 2.24) is 24.3 Å². The third-order valence-electron chi connectivity index (χ3n) is 12.9. The van der Waals surface area contributed by atoms with E-state index in [1.807, 2.05) is 63.3 Å². The van der Waals surface area contributed by atoms with E-state index in [1.165, 1.54) is 11.8 Å². The highest BCUT2D eigenvalue weighted by Gasteiger charge is 2.62. The Kier molecular flexibility index (Phi) is 15.7. The molecule has 0 aliphatic carbocycles. The monoisotopic (exact) mass is 871 g/mol. The van der Waals surface area contributed by atoms with Crippen LogP contribution in [0.2, 0.25) is 5.15 Å². The van der Waals surface area contributed by atoms with Gasteiger partial charge in [-0.2, -0.15) is 0 Å². The molecule has 2 aromatic rings. The lowest BCUT2D eigenvalue weighted by Crippen LogP contribution is -2.60. The van der Waals surface area contributed by atoms with Crippen molar-refractivity contribution in [3.8, 4) is 23.6 Å². The van der Waals surface area contributed by atoms with Crippen LogP contribution in [-0.2, 0) is 39.9 Å². The van der Waals surface area contributed by atoms with Crippen molar-refractivity contribution in [2.24, 2.45) is 23.7 Å². The molecule has 3 saturated heterocycles. The van der Waals surface area contributed by atoms with E-state index in [-0.39, 0.29) is 39.5 Å². The number of hydrogen-bond donors (Lipinski definition) is 1. The van der Waals surface area contributed by atoms with Gasteiger partial charge in [0.1, 0.15) is 23.0 Å². The van der Waals surface area contributed by atoms with Crippen LogP contribution in [-0.4, -0.2) is 134 Å². The molecule has 0 spiro atoms. The second kappa shape index (κ2) is 19.7. The van der Waals surface area contributed by atoms with Crippen LogP contribution in [0.1, 0.15) is 80.6 Å². The highest BCUT2D eigenvalue weighted by atomic mass is 35.5. The number of fused-ring (bicyclic) bond motifs is 1. The Bertz CT molecular complexity index is 1890. The van der Waals surface area contributed by atoms with Gasteiger partial charge < -0.3 is 33.5 Å². The Morgan fingerprint density at radius 2 is 1.77 bits per heavy atom. The molecule has 0 radical (unpaired) electrons. The fourth-order valence-electron chi connectivity index (χ4n) is 9.38. The summed E-state index contributed by atoms with van der Waals surface area (Å²) >= 11 is 5.95. The van der Waals surface area contributed by atoms with Crippen LogP contribution in [0.15, 0.2) is 30.9 Å². The summed E-state index contributed by atoms with van der Waals surface area (Å²) < 4.78 is 27.1. The lowest BCUT2D eigenvalue weighted by molar-refractivity contribution is -0.276. The zero-order valence-corrected chi connectivity index (χ0v) is 38.3. The van der Waals surface area contributed by atoms with Crippen molar-refractivity contribution in [2.75, 3.05) is 27.3 Å². The minimum Gasteiger partial charge on any atom is -0.456 e. The number of Topliss-reactive ketones (excluding diaryl/α,β-unsaturated/α-hetero) is 2. The highest BCUT2D eigenvalue weighted by Crippen LogP contribution is 2.47. The topological polar surface area (TPSA) is 163 Å². The molecule has 2 aromatic heterocycles. The Labute approximate surface area is 361 Å². The maximum atomic E-state index is 14.8. The predicted octanol–water partition coefficient (Wildman–Crippen LogP) is 5.86. The quantitative estimate of drug-likeness (QED) is 0.0717. The molecule has 5 rings (SSSR count). The van der Waals surface area contributed by atoms with Crippen molar-refractivity contribution in [2.45, 2.75) is 141 Å². The number of aromatic nitrogens is 3. The molecule has 1 amide bonds. The van der Waals surface area contributed by atoms with Gasteiger partial charge in [-0.05, 0) is 78.8 Å². The molecule has 0 aromatic carbocycles. The van der Waals surface area contributed by atoms with Gasteiger partial charge in [-0.1, -0.05) is 52.1 Å². The number of aryl methyl sites for hydroxylation is 1. The van der Waals surface area contributed by atoms with Gasteiger partial charge >= 0.3 is 12.1 Å². The molecule has 14 atom stereocenters. The molecule has 14 nitrogen and oxygen atoms in total. The number of pyridine rings is 1. The second-order valence-electron chi connectivity index (χ2n) is 17.4. The third kappa shape index (κ3) is 9.77. The maximum Gasteiger partial charge on any atom is 0.411 e. The first-order valence-corrected chi connectivity index (χ1v) is 22.9. The van der Waals surface area contributed by atoms with Gasteiger partial charge in [-0.15, -0.1) is 15.0 Å². The number of cyclic esters (lactones) is 1. The Balaban J connectivity index is 1.45. The average Bonchev–Trinajstić information content (AvgIpc) is 3.81. The smallest absolute Gasteiger partial charge is 0.411 e. The molecule has 0 saturated carbocycles. The summed E-state index contributed by atoms with van der Waals surface area (Å²) in [5, 5.41) is 11.1. The summed E-state index contributed by atoms with van der Waals surface area (Å²) in [5.41, 5.74) is -0.230. The fraction of sp³-hybridized carbons (Fsp3) is 0.682. The Hall–Kier alpha value is -3.44. The first-order valence-electron chi connectivity index (χ1n) is 21.1. The molecule has 3 aliphatic rings. The number of imidazole rings is 1. The lowest BCUT2D eigenvalue weighted by Gasteiger charge is -2.47. The number of aliphatic hydroxyl groups is 1. The molecular weight excluding hydrogens is 809 g/mol. The standard InChI is InChI=1S/C44H63ClN5O9P/c1-12-33-44(13-2)38(50(42(55)59-44)19-15-14-18-49-23-31(47-24-49)30-16-17-34(45)46-22-30)27(5)35(51)25(3)21-43(8,60-11)39(28(6)36(52)29(7)40(54)57-33)58-41-37(53)32(48(9)10)20-26(4)56-41/h2,16-17,22-29,32-33,37-39,41,53,60H,12,14-15,18-21H2,1,3-11H3/t25-,26-,27+,28+,29-,32+,33-,37-,38-,39-,41?,43+,44-/m1/s1. The van der Waals surface area contributed by atoms with Gasteiger partial charge in [0, 0.05) is 60.0 Å². The summed E-state index contributed by atoms with van der Waals surface area (Å²) in [4.78, 5) is 69.3. The van der Waals surface area contributed by atoms with Crippen molar-refractivity contribution in [1.29, 1.82) is 0 Å². The minimum absolute atomic E-state index is 0.148. The number of ketones is 2. The van der Waals surface area contributed by atoms with Gasteiger partial charge in [0.05, 0.1) is 30.3 Å². The van der Waals surface area contributed by atoms with Crippen LogP contribution in [0.4, 0.5) is 4.79 Å².